The zero-order valence-corrected chi connectivity index (χ0v) is 18.6. The van der Waals surface area contributed by atoms with Gasteiger partial charge >= 0.3 is 0 Å². The lowest BCUT2D eigenvalue weighted by molar-refractivity contribution is 0.568. The summed E-state index contributed by atoms with van der Waals surface area (Å²) in [6.45, 7) is 1.12. The number of nitrogens with one attached hydrogen (secondary N) is 1. The minimum atomic E-state index is -3.63. The first-order valence-corrected chi connectivity index (χ1v) is 12.5. The Labute approximate surface area is 186 Å². The molecule has 1 aromatic carbocycles. The number of rotatable bonds is 7. The lowest BCUT2D eigenvalue weighted by Crippen LogP contribution is -2.25. The minimum Gasteiger partial charge on any atom is -0.382 e. The number of nitrogens with zero attached hydrogens (tertiary/aromatic N) is 4. The van der Waals surface area contributed by atoms with Crippen molar-refractivity contribution in [1.82, 2.24) is 24.2 Å². The van der Waals surface area contributed by atoms with E-state index in [4.69, 9.17) is 5.73 Å². The van der Waals surface area contributed by atoms with Gasteiger partial charge in [-0.05, 0) is 56.2 Å². The second-order valence-corrected chi connectivity index (χ2v) is 9.94. The highest BCUT2D eigenvalue weighted by Crippen LogP contribution is 2.30. The Bertz CT molecular complexity index is 1390. The van der Waals surface area contributed by atoms with Crippen LogP contribution in [0, 0.1) is 0 Å². The van der Waals surface area contributed by atoms with E-state index in [0.717, 1.165) is 60.8 Å². The summed E-state index contributed by atoms with van der Waals surface area (Å²) < 4.78 is 30.5. The lowest BCUT2D eigenvalue weighted by atomic mass is 9.95. The van der Waals surface area contributed by atoms with Gasteiger partial charge < -0.3 is 10.3 Å². The third kappa shape index (κ3) is 3.82. The monoisotopic (exact) mass is 450 g/mol. The van der Waals surface area contributed by atoms with Gasteiger partial charge in [0.1, 0.15) is 10.4 Å². The summed E-state index contributed by atoms with van der Waals surface area (Å²) in [4.78, 5) is 13.5. The number of aromatic nitrogens is 4. The van der Waals surface area contributed by atoms with Gasteiger partial charge in [0.25, 0.3) is 0 Å². The molecule has 0 atom stereocenters. The predicted octanol–water partition coefficient (Wildman–Crippen LogP) is 3.20. The predicted molar refractivity (Wildman–Crippen MR) is 125 cm³/mol. The molecule has 0 unspecified atom stereocenters. The molecule has 3 N–H and O–H groups in total. The molecule has 3 aromatic heterocycles. The molecule has 32 heavy (non-hydrogen) atoms. The topological polar surface area (TPSA) is 116 Å². The van der Waals surface area contributed by atoms with E-state index >= 15 is 0 Å². The van der Waals surface area contributed by atoms with E-state index in [-0.39, 0.29) is 4.90 Å². The molecule has 0 fully saturated rings. The molecule has 4 aromatic rings. The quantitative estimate of drug-likeness (QED) is 0.418. The molecule has 0 saturated heterocycles. The highest BCUT2D eigenvalue weighted by atomic mass is 32.2. The number of sulfonamides is 1. The Morgan fingerprint density at radius 1 is 1.03 bits per heavy atom. The van der Waals surface area contributed by atoms with Crippen LogP contribution in [0.5, 0.6) is 0 Å². The Balaban J connectivity index is 1.25. The van der Waals surface area contributed by atoms with Crippen molar-refractivity contribution in [3.05, 3.63) is 54.1 Å². The van der Waals surface area contributed by atoms with E-state index in [2.05, 4.69) is 24.2 Å². The number of anilines is 1. The van der Waals surface area contributed by atoms with Gasteiger partial charge in [0, 0.05) is 30.4 Å². The third-order valence-corrected chi connectivity index (χ3v) is 7.56. The fourth-order valence-electron chi connectivity index (χ4n) is 4.51. The van der Waals surface area contributed by atoms with Gasteiger partial charge in [0.05, 0.1) is 17.4 Å². The van der Waals surface area contributed by atoms with Gasteiger partial charge in [-0.3, -0.25) is 4.98 Å². The number of imidazole rings is 1. The average Bonchev–Trinajstić information content (AvgIpc) is 3.23. The van der Waals surface area contributed by atoms with Crippen LogP contribution < -0.4 is 10.5 Å². The van der Waals surface area contributed by atoms with Crippen LogP contribution in [0.4, 0.5) is 5.82 Å². The number of nitrogen functional groups attached to an aromatic ring is 1. The molecular weight excluding hydrogens is 424 g/mol. The molecule has 0 amide bonds. The SMILES string of the molecule is Nc1nc2c(c3c1ncn3CCCCNS(=O)(=O)c1cccc3cccnc13)CCCC2. The second kappa shape index (κ2) is 8.48. The van der Waals surface area contributed by atoms with Gasteiger partial charge in [-0.25, -0.2) is 23.1 Å². The minimum absolute atomic E-state index is 0.214. The van der Waals surface area contributed by atoms with Crippen molar-refractivity contribution in [2.45, 2.75) is 50.0 Å². The fraction of sp³-hybridized carbons (Fsp3) is 0.348. The lowest BCUT2D eigenvalue weighted by Gasteiger charge is -2.17. The summed E-state index contributed by atoms with van der Waals surface area (Å²) in [6, 6.07) is 8.85. The second-order valence-electron chi connectivity index (χ2n) is 8.20. The van der Waals surface area contributed by atoms with Gasteiger partial charge in [0.2, 0.25) is 10.0 Å². The first kappa shape index (κ1) is 20.8. The smallest absolute Gasteiger partial charge is 0.242 e. The number of benzene rings is 1. The number of nitrogens with two attached hydrogens (primary N) is 1. The molecule has 5 rings (SSSR count). The van der Waals surface area contributed by atoms with Crippen LogP contribution in [0.1, 0.15) is 36.9 Å². The summed E-state index contributed by atoms with van der Waals surface area (Å²) in [7, 11) is -3.63. The van der Waals surface area contributed by atoms with Crippen molar-refractivity contribution >= 4 is 37.8 Å². The Hall–Kier alpha value is -3.04. The maximum atomic E-state index is 12.8. The zero-order chi connectivity index (χ0) is 22.1. The van der Waals surface area contributed by atoms with E-state index in [9.17, 15) is 8.42 Å². The van der Waals surface area contributed by atoms with Crippen molar-refractivity contribution in [3.8, 4) is 0 Å². The summed E-state index contributed by atoms with van der Waals surface area (Å²) in [5.41, 5.74) is 10.9. The Kier molecular flexibility index (Phi) is 5.52. The van der Waals surface area contributed by atoms with Crippen LogP contribution in [0.3, 0.4) is 0 Å². The number of aryl methyl sites for hydroxylation is 3. The highest BCUT2D eigenvalue weighted by Gasteiger charge is 2.20. The molecule has 8 nitrogen and oxygen atoms in total. The van der Waals surface area contributed by atoms with Crippen molar-refractivity contribution in [2.75, 3.05) is 12.3 Å². The molecular formula is C23H26N6O2S. The first-order valence-electron chi connectivity index (χ1n) is 11.0. The van der Waals surface area contributed by atoms with Crippen LogP contribution in [0.25, 0.3) is 21.9 Å². The fourth-order valence-corrected chi connectivity index (χ4v) is 5.76. The molecule has 0 bridgehead atoms. The maximum Gasteiger partial charge on any atom is 0.242 e. The van der Waals surface area contributed by atoms with Crippen molar-refractivity contribution in [1.29, 1.82) is 0 Å². The standard InChI is InChI=1S/C23H26N6O2S/c24-23-21-22(17-9-1-2-10-18(17)28-23)29(15-26-21)14-4-3-13-27-32(30,31)19-11-5-7-16-8-6-12-25-20(16)19/h5-8,11-12,15,27H,1-4,9-10,13-14H2,(H2,24,28). The third-order valence-electron chi connectivity index (χ3n) is 6.06. The molecule has 1 aliphatic rings. The molecule has 3 heterocycles. The number of pyridine rings is 2. The van der Waals surface area contributed by atoms with E-state index in [1.165, 1.54) is 5.56 Å². The van der Waals surface area contributed by atoms with Crippen LogP contribution in [-0.2, 0) is 29.4 Å². The summed E-state index contributed by atoms with van der Waals surface area (Å²) in [5, 5.41) is 0.805. The Morgan fingerprint density at radius 2 is 1.88 bits per heavy atom. The van der Waals surface area contributed by atoms with Gasteiger partial charge in [-0.2, -0.15) is 0 Å². The van der Waals surface area contributed by atoms with E-state index in [0.29, 0.717) is 24.3 Å². The number of para-hydroxylation sites is 1. The molecule has 0 radical (unpaired) electrons. The summed E-state index contributed by atoms with van der Waals surface area (Å²) >= 11 is 0. The first-order chi connectivity index (χ1) is 15.5. The normalized spacial score (nSPS) is 14.1. The number of hydrogen-bond acceptors (Lipinski definition) is 6. The number of unbranched alkanes of at least 4 members (excludes halogenated alkanes) is 1. The van der Waals surface area contributed by atoms with Gasteiger partial charge in [0.15, 0.2) is 5.82 Å². The average molecular weight is 451 g/mol. The van der Waals surface area contributed by atoms with Crippen molar-refractivity contribution in [3.63, 3.8) is 0 Å². The van der Waals surface area contributed by atoms with Gasteiger partial charge in [-0.15, -0.1) is 0 Å². The highest BCUT2D eigenvalue weighted by molar-refractivity contribution is 7.89. The van der Waals surface area contributed by atoms with E-state index in [1.807, 2.05) is 18.5 Å². The van der Waals surface area contributed by atoms with Gasteiger partial charge in [-0.1, -0.05) is 18.2 Å². The molecule has 1 aliphatic carbocycles. The molecule has 9 heteroatoms. The van der Waals surface area contributed by atoms with Crippen LogP contribution >= 0.6 is 0 Å². The summed E-state index contributed by atoms with van der Waals surface area (Å²) in [5.74, 6) is 0.496. The molecule has 0 spiro atoms. The Morgan fingerprint density at radius 3 is 2.78 bits per heavy atom. The number of hydrogen-bond donors (Lipinski definition) is 2. The largest absolute Gasteiger partial charge is 0.382 e. The maximum absolute atomic E-state index is 12.8. The van der Waals surface area contributed by atoms with Crippen molar-refractivity contribution in [2.24, 2.45) is 0 Å². The molecule has 166 valence electrons. The number of fused-ring (bicyclic) bond motifs is 4. The van der Waals surface area contributed by atoms with Crippen molar-refractivity contribution < 1.29 is 8.42 Å². The molecule has 0 saturated carbocycles. The van der Waals surface area contributed by atoms with Crippen LogP contribution in [0.15, 0.2) is 47.8 Å². The zero-order valence-electron chi connectivity index (χ0n) is 17.8. The van der Waals surface area contributed by atoms with Crippen LogP contribution in [-0.4, -0.2) is 34.5 Å². The van der Waals surface area contributed by atoms with E-state index < -0.39 is 10.0 Å². The summed E-state index contributed by atoms with van der Waals surface area (Å²) in [6.07, 6.45) is 9.23. The molecule has 0 aliphatic heterocycles. The van der Waals surface area contributed by atoms with E-state index in [1.54, 1.807) is 24.4 Å². The van der Waals surface area contributed by atoms with Crippen LogP contribution in [0.2, 0.25) is 0 Å².